The third-order valence-electron chi connectivity index (χ3n) is 4.82. The number of hydrogen-bond acceptors (Lipinski definition) is 5. The van der Waals surface area contributed by atoms with Crippen LogP contribution in [0.1, 0.15) is 37.7 Å². The first kappa shape index (κ1) is 19.9. The fourth-order valence-corrected chi connectivity index (χ4v) is 4.88. The second kappa shape index (κ2) is 7.78. The van der Waals surface area contributed by atoms with Crippen molar-refractivity contribution in [3.05, 3.63) is 57.8 Å². The Morgan fingerprint density at radius 3 is 2.45 bits per heavy atom. The van der Waals surface area contributed by atoms with Crippen LogP contribution in [-0.4, -0.2) is 29.5 Å². The molecule has 8 heteroatoms. The quantitative estimate of drug-likeness (QED) is 0.239. The van der Waals surface area contributed by atoms with E-state index in [0.717, 1.165) is 27.7 Å². The number of benzene rings is 2. The van der Waals surface area contributed by atoms with E-state index in [0.29, 0.717) is 33.6 Å². The van der Waals surface area contributed by atoms with E-state index in [-0.39, 0.29) is 11.8 Å². The van der Waals surface area contributed by atoms with E-state index in [1.807, 2.05) is 24.3 Å². The lowest BCUT2D eigenvalue weighted by molar-refractivity contribution is -0.131. The highest BCUT2D eigenvalue weighted by Gasteiger charge is 2.35. The number of ether oxygens (including phenoxy) is 1. The molecule has 0 aliphatic carbocycles. The Kier molecular flexibility index (Phi) is 5.34. The fraction of sp³-hybridized carbons (Fsp3) is 0.190. The Bertz CT molecular complexity index is 1160. The lowest BCUT2D eigenvalue weighted by atomic mass is 9.95. The van der Waals surface area contributed by atoms with Crippen molar-refractivity contribution in [3.8, 4) is 5.75 Å². The topological polar surface area (TPSA) is 63.7 Å². The molecule has 0 fully saturated rings. The van der Waals surface area contributed by atoms with Gasteiger partial charge in [0.25, 0.3) is 11.1 Å². The maximum absolute atomic E-state index is 13.2. The minimum atomic E-state index is -0.599. The number of alkyl halides is 1. The predicted molar refractivity (Wildman–Crippen MR) is 115 cm³/mol. The van der Waals surface area contributed by atoms with Crippen molar-refractivity contribution >= 4 is 68.1 Å². The summed E-state index contributed by atoms with van der Waals surface area (Å²) in [4.78, 5) is 38.5. The van der Waals surface area contributed by atoms with Gasteiger partial charge < -0.3 is 9.64 Å². The number of hydrogen-bond donors (Lipinski definition) is 0. The van der Waals surface area contributed by atoms with Crippen molar-refractivity contribution in [1.82, 2.24) is 0 Å². The molecule has 2 heterocycles. The average molecular weight is 448 g/mol. The van der Waals surface area contributed by atoms with Crippen LogP contribution in [0, 0.1) is 0 Å². The van der Waals surface area contributed by atoms with Gasteiger partial charge in [0.2, 0.25) is 0 Å². The Hall–Kier alpha value is -2.41. The molecule has 2 aromatic carbocycles. The van der Waals surface area contributed by atoms with Gasteiger partial charge in [-0.25, -0.2) is 0 Å². The van der Waals surface area contributed by atoms with Gasteiger partial charge in [-0.15, -0.1) is 22.9 Å². The van der Waals surface area contributed by atoms with E-state index in [1.54, 1.807) is 17.0 Å². The number of thiophene rings is 1. The first-order chi connectivity index (χ1) is 13.9. The normalized spacial score (nSPS) is 15.4. The van der Waals surface area contributed by atoms with Crippen LogP contribution in [0.2, 0.25) is 0 Å². The van der Waals surface area contributed by atoms with Crippen LogP contribution in [0.4, 0.5) is 5.69 Å². The summed E-state index contributed by atoms with van der Waals surface area (Å²) in [6, 6.07) is 12.4. The van der Waals surface area contributed by atoms with E-state index in [9.17, 15) is 14.4 Å². The third-order valence-corrected chi connectivity index (χ3v) is 6.58. The largest absolute Gasteiger partial charge is 0.426 e. The van der Waals surface area contributed by atoms with Crippen molar-refractivity contribution in [3.63, 3.8) is 0 Å². The molecule has 1 aromatic heterocycles. The van der Waals surface area contributed by atoms with Gasteiger partial charge in [-0.1, -0.05) is 24.3 Å². The van der Waals surface area contributed by atoms with Gasteiger partial charge in [-0.2, -0.15) is 0 Å². The van der Waals surface area contributed by atoms with Crippen LogP contribution in [-0.2, 0) is 4.79 Å². The van der Waals surface area contributed by atoms with Gasteiger partial charge >= 0.3 is 5.97 Å². The Balaban J connectivity index is 1.86. The molecule has 1 amide bonds. The summed E-state index contributed by atoms with van der Waals surface area (Å²) in [5.74, 6) is -0.0343. The summed E-state index contributed by atoms with van der Waals surface area (Å²) in [7, 11) is 0. The molecule has 5 nitrogen and oxygen atoms in total. The molecule has 0 unspecified atom stereocenters. The van der Waals surface area contributed by atoms with Gasteiger partial charge in [-0.3, -0.25) is 14.4 Å². The van der Waals surface area contributed by atoms with E-state index < -0.39 is 11.2 Å². The molecule has 0 radical (unpaired) electrons. The molecular weight excluding hydrogens is 433 g/mol. The monoisotopic (exact) mass is 447 g/mol. The number of carbonyl (C=O) groups excluding carboxylic acids is 3. The number of nitrogens with zero attached hydrogens (tertiary/aromatic N) is 1. The third kappa shape index (κ3) is 3.52. The molecule has 0 saturated carbocycles. The molecular formula is C21H15Cl2NO4S. The zero-order valence-electron chi connectivity index (χ0n) is 15.3. The number of fused-ring (bicyclic) bond motifs is 3. The Morgan fingerprint density at radius 2 is 1.83 bits per heavy atom. The maximum Gasteiger partial charge on any atom is 0.308 e. The van der Waals surface area contributed by atoms with E-state index in [2.05, 4.69) is 0 Å². The molecule has 3 aromatic rings. The molecule has 0 spiro atoms. The zero-order valence-corrected chi connectivity index (χ0v) is 17.6. The minimum absolute atomic E-state index is 0.0685. The number of anilines is 1. The van der Waals surface area contributed by atoms with E-state index in [4.69, 9.17) is 27.9 Å². The second-order valence-corrected chi connectivity index (χ2v) is 8.39. The standard InChI is InChI=1S/C21H15Cl2NO4S/c1-11(25)28-16-8-15-19(14-5-3-2-4-13(14)16)12(9-22)10-24(15)21(27)18-7-6-17(29-18)20(23)26/h2-8,12H,9-10H2,1H3/t12-/m1/s1. The smallest absolute Gasteiger partial charge is 0.308 e. The first-order valence-electron chi connectivity index (χ1n) is 8.82. The van der Waals surface area contributed by atoms with Crippen molar-refractivity contribution < 1.29 is 19.1 Å². The molecule has 1 aliphatic rings. The Labute approximate surface area is 180 Å². The lowest BCUT2D eigenvalue weighted by Crippen LogP contribution is -2.29. The van der Waals surface area contributed by atoms with Crippen molar-refractivity contribution in [2.75, 3.05) is 17.3 Å². The van der Waals surface area contributed by atoms with Gasteiger partial charge in [0.1, 0.15) is 5.75 Å². The predicted octanol–water partition coefficient (Wildman–Crippen LogP) is 5.19. The lowest BCUT2D eigenvalue weighted by Gasteiger charge is -2.18. The number of amides is 1. The maximum atomic E-state index is 13.2. The number of esters is 1. The molecule has 0 N–H and O–H groups in total. The number of halogens is 2. The van der Waals surface area contributed by atoms with Gasteiger partial charge in [0.05, 0.1) is 15.4 Å². The van der Waals surface area contributed by atoms with Crippen LogP contribution in [0.3, 0.4) is 0 Å². The van der Waals surface area contributed by atoms with Gasteiger partial charge in [-0.05, 0) is 34.7 Å². The molecule has 0 bridgehead atoms. The highest BCUT2D eigenvalue weighted by atomic mass is 35.5. The van der Waals surface area contributed by atoms with Crippen molar-refractivity contribution in [1.29, 1.82) is 0 Å². The van der Waals surface area contributed by atoms with Crippen LogP contribution in [0.25, 0.3) is 10.8 Å². The summed E-state index contributed by atoms with van der Waals surface area (Å²) in [5.41, 5.74) is 1.60. The number of carbonyl (C=O) groups is 3. The van der Waals surface area contributed by atoms with Crippen molar-refractivity contribution in [2.45, 2.75) is 12.8 Å². The molecule has 0 saturated heterocycles. The van der Waals surface area contributed by atoms with Crippen LogP contribution < -0.4 is 9.64 Å². The van der Waals surface area contributed by atoms with Gasteiger partial charge in [0.15, 0.2) is 0 Å². The van der Waals surface area contributed by atoms with Crippen LogP contribution >= 0.6 is 34.5 Å². The number of rotatable bonds is 4. The highest BCUT2D eigenvalue weighted by Crippen LogP contribution is 2.46. The second-order valence-electron chi connectivity index (χ2n) is 6.65. The van der Waals surface area contributed by atoms with Gasteiger partial charge in [0, 0.05) is 36.7 Å². The molecule has 4 rings (SSSR count). The van der Waals surface area contributed by atoms with Crippen LogP contribution in [0.5, 0.6) is 5.75 Å². The summed E-state index contributed by atoms with van der Waals surface area (Å²) in [6.07, 6.45) is 0. The molecule has 148 valence electrons. The Morgan fingerprint density at radius 1 is 1.14 bits per heavy atom. The summed E-state index contributed by atoms with van der Waals surface area (Å²) in [6.45, 7) is 1.73. The highest BCUT2D eigenvalue weighted by molar-refractivity contribution is 7.17. The molecule has 1 aliphatic heterocycles. The average Bonchev–Trinajstić information content (AvgIpc) is 3.32. The van der Waals surface area contributed by atoms with E-state index >= 15 is 0 Å². The molecule has 29 heavy (non-hydrogen) atoms. The summed E-state index contributed by atoms with van der Waals surface area (Å²) < 4.78 is 5.42. The summed E-state index contributed by atoms with van der Waals surface area (Å²) in [5, 5.41) is 1.08. The summed E-state index contributed by atoms with van der Waals surface area (Å²) >= 11 is 12.8. The zero-order chi connectivity index (χ0) is 20.7. The molecule has 1 atom stereocenters. The first-order valence-corrected chi connectivity index (χ1v) is 10.5. The van der Waals surface area contributed by atoms with Crippen molar-refractivity contribution in [2.24, 2.45) is 0 Å². The van der Waals surface area contributed by atoms with E-state index in [1.165, 1.54) is 13.0 Å². The minimum Gasteiger partial charge on any atom is -0.426 e. The van der Waals surface area contributed by atoms with Crippen LogP contribution in [0.15, 0.2) is 42.5 Å². The fourth-order valence-electron chi connectivity index (χ4n) is 3.66. The SMILES string of the molecule is CC(=O)Oc1cc2c(c3ccccc13)[C@H](CCl)CN2C(=O)c1ccc(C(=O)Cl)s1.